The molecule has 0 atom stereocenters. The van der Waals surface area contributed by atoms with Crippen LogP contribution in [-0.2, 0) is 5.41 Å². The maximum absolute atomic E-state index is 13.4. The highest BCUT2D eigenvalue weighted by Crippen LogP contribution is 2.49. The first-order valence-electron chi connectivity index (χ1n) is 7.11. The Morgan fingerprint density at radius 3 is 2.32 bits per heavy atom. The van der Waals surface area contributed by atoms with Gasteiger partial charge >= 0.3 is 0 Å². The minimum atomic E-state index is -0.317. The van der Waals surface area contributed by atoms with Gasteiger partial charge in [-0.2, -0.15) is 5.26 Å². The predicted octanol–water partition coefficient (Wildman–Crippen LogP) is 5.55. The molecule has 0 spiro atoms. The van der Waals surface area contributed by atoms with E-state index in [1.54, 1.807) is 0 Å². The van der Waals surface area contributed by atoms with Crippen molar-refractivity contribution in [3.63, 3.8) is 0 Å². The van der Waals surface area contributed by atoms with Crippen molar-refractivity contribution in [2.24, 2.45) is 0 Å². The van der Waals surface area contributed by atoms with Gasteiger partial charge in [-0.15, -0.1) is 0 Å². The van der Waals surface area contributed by atoms with Gasteiger partial charge in [0.1, 0.15) is 17.3 Å². The van der Waals surface area contributed by atoms with Gasteiger partial charge in [-0.25, -0.2) is 4.39 Å². The van der Waals surface area contributed by atoms with Crippen LogP contribution >= 0.6 is 15.9 Å². The fraction of sp³-hybridized carbons (Fsp3) is 0.278. The number of hydrogen-bond donors (Lipinski definition) is 0. The smallest absolute Gasteiger partial charge is 0.141 e. The van der Waals surface area contributed by atoms with E-state index in [1.807, 2.05) is 32.0 Å². The summed E-state index contributed by atoms with van der Waals surface area (Å²) < 4.78 is 20.1. The third-order valence-electron chi connectivity index (χ3n) is 4.09. The molecule has 0 unspecified atom stereocenters. The van der Waals surface area contributed by atoms with Crippen molar-refractivity contribution in [3.8, 4) is 17.6 Å². The second-order valence-electron chi connectivity index (χ2n) is 5.81. The largest absolute Gasteiger partial charge is 0.456 e. The summed E-state index contributed by atoms with van der Waals surface area (Å²) in [5.74, 6) is 1.06. The van der Waals surface area contributed by atoms with Gasteiger partial charge in [-0.3, -0.25) is 0 Å². The lowest BCUT2D eigenvalue weighted by Gasteiger charge is -2.15. The summed E-state index contributed by atoms with van der Waals surface area (Å²) in [7, 11) is 0. The number of halogens is 2. The van der Waals surface area contributed by atoms with Gasteiger partial charge in [0.2, 0.25) is 0 Å². The van der Waals surface area contributed by atoms with Gasteiger partial charge in [0.05, 0.1) is 16.0 Å². The molecule has 0 N–H and O–H groups in total. The Morgan fingerprint density at radius 2 is 1.82 bits per heavy atom. The van der Waals surface area contributed by atoms with Crippen molar-refractivity contribution in [2.45, 2.75) is 32.1 Å². The zero-order valence-electron chi connectivity index (χ0n) is 12.4. The number of hydrogen-bond acceptors (Lipinski definition) is 2. The molecule has 112 valence electrons. The third-order valence-corrected chi connectivity index (χ3v) is 4.71. The van der Waals surface area contributed by atoms with Crippen LogP contribution in [0.3, 0.4) is 0 Å². The number of nitrogens with zero attached hydrogens (tertiary/aromatic N) is 1. The lowest BCUT2D eigenvalue weighted by atomic mass is 9.98. The second kappa shape index (κ2) is 5.40. The summed E-state index contributed by atoms with van der Waals surface area (Å²) >= 11 is 3.51. The summed E-state index contributed by atoms with van der Waals surface area (Å²) in [6.07, 6.45) is 1.82. The molecular formula is C18H15BrFNO. The molecule has 0 aromatic heterocycles. The predicted molar refractivity (Wildman–Crippen MR) is 86.6 cm³/mol. The van der Waals surface area contributed by atoms with Gasteiger partial charge in [0.25, 0.3) is 0 Å². The molecule has 4 heteroatoms. The number of aryl methyl sites for hydroxylation is 2. The monoisotopic (exact) mass is 359 g/mol. The Hall–Kier alpha value is -1.86. The van der Waals surface area contributed by atoms with Crippen LogP contribution in [0.4, 0.5) is 4.39 Å². The van der Waals surface area contributed by atoms with E-state index in [2.05, 4.69) is 22.0 Å². The Balaban J connectivity index is 1.93. The lowest BCUT2D eigenvalue weighted by molar-refractivity contribution is 0.469. The molecule has 1 aliphatic carbocycles. The van der Waals surface area contributed by atoms with E-state index in [0.29, 0.717) is 11.5 Å². The lowest BCUT2D eigenvalue weighted by Crippen LogP contribution is -2.02. The molecule has 1 fully saturated rings. The third kappa shape index (κ3) is 2.62. The van der Waals surface area contributed by atoms with E-state index in [9.17, 15) is 9.65 Å². The topological polar surface area (TPSA) is 33.0 Å². The molecule has 2 nitrogen and oxygen atoms in total. The molecule has 22 heavy (non-hydrogen) atoms. The highest BCUT2D eigenvalue weighted by Gasteiger charge is 2.45. The zero-order chi connectivity index (χ0) is 15.9. The number of ether oxygens (including phenoxy) is 1. The van der Waals surface area contributed by atoms with Crippen LogP contribution in [0.5, 0.6) is 11.5 Å². The molecular weight excluding hydrogens is 345 g/mol. The fourth-order valence-corrected chi connectivity index (χ4v) is 3.10. The molecule has 0 aliphatic heterocycles. The van der Waals surface area contributed by atoms with Gasteiger partial charge in [-0.1, -0.05) is 6.07 Å². The highest BCUT2D eigenvalue weighted by atomic mass is 79.9. The van der Waals surface area contributed by atoms with Crippen LogP contribution in [-0.4, -0.2) is 0 Å². The van der Waals surface area contributed by atoms with E-state index in [0.717, 1.165) is 34.0 Å². The molecule has 0 amide bonds. The van der Waals surface area contributed by atoms with E-state index in [-0.39, 0.29) is 11.2 Å². The number of rotatable bonds is 3. The first-order chi connectivity index (χ1) is 10.4. The van der Waals surface area contributed by atoms with E-state index in [1.165, 1.54) is 12.1 Å². The molecule has 2 aromatic carbocycles. The Bertz CT molecular complexity index is 767. The normalized spacial score (nSPS) is 15.2. The van der Waals surface area contributed by atoms with E-state index in [4.69, 9.17) is 4.74 Å². The van der Waals surface area contributed by atoms with Crippen LogP contribution in [0.15, 0.2) is 34.8 Å². The summed E-state index contributed by atoms with van der Waals surface area (Å²) in [5.41, 5.74) is 2.21. The summed E-state index contributed by atoms with van der Waals surface area (Å²) in [6, 6.07) is 11.0. The Kier molecular flexibility index (Phi) is 3.70. The average Bonchev–Trinajstić information content (AvgIpc) is 3.25. The van der Waals surface area contributed by atoms with Crippen LogP contribution in [0.2, 0.25) is 0 Å². The van der Waals surface area contributed by atoms with Crippen LogP contribution in [0, 0.1) is 31.0 Å². The first-order valence-corrected chi connectivity index (χ1v) is 7.90. The standard InChI is InChI=1S/C18H15BrFNO/c1-11-7-14(20)8-12(2)17(11)22-16-4-3-13(9-15(16)19)18(10-21)5-6-18/h3-4,7-9H,5-6H2,1-2H3. The molecule has 0 bridgehead atoms. The maximum atomic E-state index is 13.4. The van der Waals surface area contributed by atoms with Gasteiger partial charge in [-0.05, 0) is 83.6 Å². The van der Waals surface area contributed by atoms with E-state index < -0.39 is 0 Å². The molecule has 3 rings (SSSR count). The Morgan fingerprint density at radius 1 is 1.18 bits per heavy atom. The highest BCUT2D eigenvalue weighted by molar-refractivity contribution is 9.10. The molecule has 1 saturated carbocycles. The van der Waals surface area contributed by atoms with Gasteiger partial charge in [0.15, 0.2) is 0 Å². The molecule has 2 aromatic rings. The number of nitriles is 1. The summed E-state index contributed by atoms with van der Waals surface area (Å²) in [4.78, 5) is 0. The molecule has 0 heterocycles. The van der Waals surface area contributed by atoms with Crippen molar-refractivity contribution in [1.82, 2.24) is 0 Å². The minimum absolute atomic E-state index is 0.263. The molecule has 0 saturated heterocycles. The maximum Gasteiger partial charge on any atom is 0.141 e. The van der Waals surface area contributed by atoms with Crippen molar-refractivity contribution < 1.29 is 9.13 Å². The van der Waals surface area contributed by atoms with Crippen LogP contribution in [0.25, 0.3) is 0 Å². The molecule has 1 aliphatic rings. The average molecular weight is 360 g/mol. The van der Waals surface area contributed by atoms with Crippen molar-refractivity contribution in [1.29, 1.82) is 5.26 Å². The van der Waals surface area contributed by atoms with Gasteiger partial charge in [0, 0.05) is 0 Å². The van der Waals surface area contributed by atoms with Crippen LogP contribution in [0.1, 0.15) is 29.5 Å². The molecule has 0 radical (unpaired) electrons. The zero-order valence-corrected chi connectivity index (χ0v) is 14.0. The minimum Gasteiger partial charge on any atom is -0.456 e. The number of benzene rings is 2. The van der Waals surface area contributed by atoms with Crippen LogP contribution < -0.4 is 4.74 Å². The quantitative estimate of drug-likeness (QED) is 0.719. The SMILES string of the molecule is Cc1cc(F)cc(C)c1Oc1ccc(C2(C#N)CC2)cc1Br. The van der Waals surface area contributed by atoms with Crippen molar-refractivity contribution in [2.75, 3.05) is 0 Å². The summed E-state index contributed by atoms with van der Waals surface area (Å²) in [6.45, 7) is 3.64. The fourth-order valence-electron chi connectivity index (χ4n) is 2.64. The van der Waals surface area contributed by atoms with Crippen molar-refractivity contribution in [3.05, 3.63) is 57.3 Å². The second-order valence-corrected chi connectivity index (χ2v) is 6.66. The first kappa shape index (κ1) is 15.1. The Labute approximate surface area is 137 Å². The van der Waals surface area contributed by atoms with Gasteiger partial charge < -0.3 is 4.74 Å². The summed E-state index contributed by atoms with van der Waals surface area (Å²) in [5, 5.41) is 9.27. The van der Waals surface area contributed by atoms with E-state index >= 15 is 0 Å². The van der Waals surface area contributed by atoms with Crippen molar-refractivity contribution >= 4 is 15.9 Å².